The summed E-state index contributed by atoms with van der Waals surface area (Å²) in [7, 11) is 0. The molecule has 0 aliphatic heterocycles. The van der Waals surface area contributed by atoms with Crippen LogP contribution in [0.4, 0.5) is 0 Å². The molecule has 0 amide bonds. The Balaban J connectivity index is 1.42. The van der Waals surface area contributed by atoms with Gasteiger partial charge in [-0.2, -0.15) is 0 Å². The highest BCUT2D eigenvalue weighted by atomic mass is 16.5. The third kappa shape index (κ3) is 4.28. The molecule has 0 unspecified atom stereocenters. The molecule has 10 atom stereocenters. The Morgan fingerprint density at radius 1 is 0.944 bits per heavy atom. The number of fused-ring (bicyclic) bond motifs is 5. The van der Waals surface area contributed by atoms with Crippen LogP contribution in [0, 0.1) is 47.3 Å². The molecule has 4 fully saturated rings. The summed E-state index contributed by atoms with van der Waals surface area (Å²) in [6, 6.07) is 4.32. The molecule has 4 aliphatic carbocycles. The van der Waals surface area contributed by atoms with Crippen molar-refractivity contribution in [3.05, 3.63) is 29.6 Å². The quantitative estimate of drug-likeness (QED) is 0.439. The number of pyridine rings is 1. The van der Waals surface area contributed by atoms with Crippen LogP contribution in [0.5, 0.6) is 0 Å². The zero-order valence-electron chi connectivity index (χ0n) is 23.1. The van der Waals surface area contributed by atoms with E-state index in [0.717, 1.165) is 31.4 Å². The normalized spacial score (nSPS) is 42.4. The second-order valence-corrected chi connectivity index (χ2v) is 13.2. The second kappa shape index (κ2) is 9.44. The highest BCUT2D eigenvalue weighted by Crippen LogP contribution is 2.69. The molecule has 36 heavy (non-hydrogen) atoms. The van der Waals surface area contributed by atoms with Gasteiger partial charge in [0.15, 0.2) is 0 Å². The molecule has 0 aromatic carbocycles. The van der Waals surface area contributed by atoms with Gasteiger partial charge >= 0.3 is 11.9 Å². The van der Waals surface area contributed by atoms with Crippen LogP contribution in [0.15, 0.2) is 18.3 Å². The fraction of sp³-hybridized carbons (Fsp3) is 0.774. The molecule has 0 spiro atoms. The molecule has 5 nitrogen and oxygen atoms in total. The first-order valence-electron chi connectivity index (χ1n) is 14.3. The number of nitrogens with zero attached hydrogens (tertiary/aromatic N) is 1. The van der Waals surface area contributed by atoms with E-state index >= 15 is 0 Å². The van der Waals surface area contributed by atoms with Gasteiger partial charge in [-0.1, -0.05) is 26.8 Å². The summed E-state index contributed by atoms with van der Waals surface area (Å²) in [5.74, 6) is 2.82. The molecule has 0 saturated heterocycles. The third-order valence-electron chi connectivity index (χ3n) is 11.3. The predicted molar refractivity (Wildman–Crippen MR) is 139 cm³/mol. The Hall–Kier alpha value is -1.91. The van der Waals surface area contributed by atoms with Gasteiger partial charge in [0.05, 0.1) is 0 Å². The Morgan fingerprint density at radius 3 is 2.33 bits per heavy atom. The summed E-state index contributed by atoms with van der Waals surface area (Å²) < 4.78 is 11.7. The first-order valence-corrected chi connectivity index (χ1v) is 14.3. The summed E-state index contributed by atoms with van der Waals surface area (Å²) in [5.41, 5.74) is 2.75. The van der Waals surface area contributed by atoms with Crippen molar-refractivity contribution >= 4 is 11.9 Å². The van der Waals surface area contributed by atoms with E-state index < -0.39 is 0 Å². The molecule has 0 radical (unpaired) electrons. The highest BCUT2D eigenvalue weighted by Gasteiger charge is 2.64. The molecule has 1 heterocycles. The zero-order valence-corrected chi connectivity index (χ0v) is 23.1. The van der Waals surface area contributed by atoms with E-state index in [4.69, 9.17) is 14.5 Å². The van der Waals surface area contributed by atoms with Gasteiger partial charge in [-0.25, -0.2) is 0 Å². The van der Waals surface area contributed by atoms with Crippen molar-refractivity contribution in [1.82, 2.24) is 4.98 Å². The molecule has 5 rings (SSSR count). The molecular weight excluding hydrogens is 450 g/mol. The standard InChI is InChI=1S/C31H45NO4/c1-18-7-10-27(32-17-18)19(2)29-28(36-21(4)34)16-26-24-9-8-22-15-23(35-20(3)33)11-13-30(22,5)25(24)12-14-31(26,29)6/h7,10,17,19,22-26,28-29H,8-9,11-16H2,1-6H3/t19-,22+,23+,24-,25+,26+,28-,29+,30+,31+/m1/s1. The van der Waals surface area contributed by atoms with Gasteiger partial charge in [0.1, 0.15) is 12.2 Å². The van der Waals surface area contributed by atoms with Gasteiger partial charge in [0.2, 0.25) is 0 Å². The number of carbonyl (C=O) groups excluding carboxylic acids is 2. The monoisotopic (exact) mass is 495 g/mol. The maximum Gasteiger partial charge on any atom is 0.302 e. The molecular formula is C31H45NO4. The maximum atomic E-state index is 12.2. The Labute approximate surface area is 217 Å². The fourth-order valence-corrected chi connectivity index (χ4v) is 9.75. The van der Waals surface area contributed by atoms with Crippen molar-refractivity contribution in [2.75, 3.05) is 0 Å². The molecule has 5 heteroatoms. The lowest BCUT2D eigenvalue weighted by Gasteiger charge is -2.61. The van der Waals surface area contributed by atoms with E-state index in [1.54, 1.807) is 6.92 Å². The number of aromatic nitrogens is 1. The van der Waals surface area contributed by atoms with Crippen LogP contribution in [0.25, 0.3) is 0 Å². The Morgan fingerprint density at radius 2 is 1.67 bits per heavy atom. The average Bonchev–Trinajstić information content (AvgIpc) is 3.10. The van der Waals surface area contributed by atoms with Crippen LogP contribution in [0.3, 0.4) is 0 Å². The second-order valence-electron chi connectivity index (χ2n) is 13.2. The molecule has 1 aromatic heterocycles. The van der Waals surface area contributed by atoms with E-state index in [0.29, 0.717) is 29.1 Å². The molecule has 198 valence electrons. The van der Waals surface area contributed by atoms with Gasteiger partial charge in [-0.05, 0) is 104 Å². The van der Waals surface area contributed by atoms with E-state index in [1.807, 2.05) is 6.20 Å². The smallest absolute Gasteiger partial charge is 0.302 e. The van der Waals surface area contributed by atoms with Gasteiger partial charge in [0.25, 0.3) is 0 Å². The van der Waals surface area contributed by atoms with Crippen molar-refractivity contribution in [2.45, 2.75) is 111 Å². The van der Waals surface area contributed by atoms with Crippen LogP contribution in [-0.2, 0) is 19.1 Å². The third-order valence-corrected chi connectivity index (χ3v) is 11.3. The van der Waals surface area contributed by atoms with Crippen LogP contribution in [-0.4, -0.2) is 29.1 Å². The number of esters is 2. The fourth-order valence-electron chi connectivity index (χ4n) is 9.75. The highest BCUT2D eigenvalue weighted by molar-refractivity contribution is 5.66. The van der Waals surface area contributed by atoms with Gasteiger partial charge in [0, 0.05) is 37.6 Å². The predicted octanol–water partition coefficient (Wildman–Crippen LogP) is 6.63. The first-order chi connectivity index (χ1) is 17.0. The van der Waals surface area contributed by atoms with Crippen molar-refractivity contribution in [2.24, 2.45) is 40.4 Å². The lowest BCUT2D eigenvalue weighted by Crippen LogP contribution is -2.54. The summed E-state index contributed by atoms with van der Waals surface area (Å²) in [5, 5.41) is 0. The van der Waals surface area contributed by atoms with Crippen LogP contribution in [0.2, 0.25) is 0 Å². The van der Waals surface area contributed by atoms with Gasteiger partial charge in [-0.15, -0.1) is 0 Å². The summed E-state index contributed by atoms with van der Waals surface area (Å²) in [4.78, 5) is 28.6. The molecule has 4 saturated carbocycles. The van der Waals surface area contributed by atoms with Gasteiger partial charge < -0.3 is 9.47 Å². The minimum atomic E-state index is -0.160. The van der Waals surface area contributed by atoms with E-state index in [1.165, 1.54) is 38.2 Å². The number of hydrogen-bond acceptors (Lipinski definition) is 5. The Bertz CT molecular complexity index is 991. The minimum absolute atomic E-state index is 0.0421. The Kier molecular flexibility index (Phi) is 6.74. The minimum Gasteiger partial charge on any atom is -0.463 e. The van der Waals surface area contributed by atoms with Crippen molar-refractivity contribution < 1.29 is 19.1 Å². The van der Waals surface area contributed by atoms with E-state index in [9.17, 15) is 9.59 Å². The lowest BCUT2D eigenvalue weighted by atomic mass is 9.44. The van der Waals surface area contributed by atoms with Crippen molar-refractivity contribution in [3.8, 4) is 0 Å². The van der Waals surface area contributed by atoms with Crippen molar-refractivity contribution in [1.29, 1.82) is 0 Å². The first kappa shape index (κ1) is 25.7. The lowest BCUT2D eigenvalue weighted by molar-refractivity contribution is -0.160. The molecule has 0 bridgehead atoms. The number of ether oxygens (including phenoxy) is 2. The number of hydrogen-bond donors (Lipinski definition) is 0. The maximum absolute atomic E-state index is 12.2. The van der Waals surface area contributed by atoms with Crippen molar-refractivity contribution in [3.63, 3.8) is 0 Å². The summed E-state index contributed by atoms with van der Waals surface area (Å²) in [6.45, 7) is 12.5. The summed E-state index contributed by atoms with van der Waals surface area (Å²) in [6.07, 6.45) is 11.1. The van der Waals surface area contributed by atoms with Crippen LogP contribution in [0.1, 0.15) is 103 Å². The summed E-state index contributed by atoms with van der Waals surface area (Å²) >= 11 is 0. The topological polar surface area (TPSA) is 65.5 Å². The number of carbonyl (C=O) groups is 2. The zero-order chi connectivity index (χ0) is 25.8. The molecule has 4 aliphatic rings. The SMILES string of the molecule is CC(=O)O[C@H]1CC[C@@]2(C)[C@@H](CC[C@@H]3[C@@H]2CC[C@]2(C)[C@@H]([C@H](C)c4ccc(C)cn4)[C@H](OC(C)=O)C[C@@H]32)C1. The van der Waals surface area contributed by atoms with E-state index in [2.05, 4.69) is 39.8 Å². The molecule has 0 N–H and O–H groups in total. The average molecular weight is 496 g/mol. The van der Waals surface area contributed by atoms with E-state index in [-0.39, 0.29) is 41.4 Å². The largest absolute Gasteiger partial charge is 0.463 e. The van der Waals surface area contributed by atoms with Gasteiger partial charge in [-0.3, -0.25) is 14.6 Å². The van der Waals surface area contributed by atoms with Crippen LogP contribution >= 0.6 is 0 Å². The number of aryl methyl sites for hydroxylation is 1. The number of rotatable bonds is 4. The molecule has 1 aromatic rings. The van der Waals surface area contributed by atoms with Crippen LogP contribution < -0.4 is 0 Å².